The van der Waals surface area contributed by atoms with Crippen molar-refractivity contribution in [2.45, 2.75) is 6.92 Å². The van der Waals surface area contributed by atoms with Gasteiger partial charge in [-0.15, -0.1) is 0 Å². The Morgan fingerprint density at radius 3 is 2.68 bits per heavy atom. The summed E-state index contributed by atoms with van der Waals surface area (Å²) in [5.74, 6) is 0.151. The first-order valence-corrected chi connectivity index (χ1v) is 5.75. The summed E-state index contributed by atoms with van der Waals surface area (Å²) in [6, 6.07) is 7.64. The summed E-state index contributed by atoms with van der Waals surface area (Å²) in [4.78, 5) is 14.6. The van der Waals surface area contributed by atoms with Gasteiger partial charge in [-0.05, 0) is 29.7 Å². The van der Waals surface area contributed by atoms with E-state index in [2.05, 4.69) is 25.0 Å². The second kappa shape index (κ2) is 5.95. The first-order chi connectivity index (χ1) is 9.20. The van der Waals surface area contributed by atoms with Gasteiger partial charge in [0.05, 0.1) is 11.3 Å². The van der Waals surface area contributed by atoms with Gasteiger partial charge in [0.2, 0.25) is 0 Å². The van der Waals surface area contributed by atoms with E-state index in [1.807, 2.05) is 31.2 Å². The molecule has 94 valence electrons. The minimum atomic E-state index is 0.151. The maximum absolute atomic E-state index is 8.46. The highest BCUT2D eigenvalue weighted by Gasteiger charge is 2.05. The molecule has 0 saturated carbocycles. The molecule has 1 heterocycles. The summed E-state index contributed by atoms with van der Waals surface area (Å²) in [5.41, 5.74) is 10.8. The molecule has 0 aliphatic rings. The number of halogens is 1. The van der Waals surface area contributed by atoms with Crippen molar-refractivity contribution < 1.29 is 0 Å². The van der Waals surface area contributed by atoms with Crippen LogP contribution >= 0.6 is 11.6 Å². The molecule has 0 aliphatic heterocycles. The van der Waals surface area contributed by atoms with Crippen LogP contribution in [0.25, 0.3) is 10.4 Å². The number of aryl methyl sites for hydroxylation is 1. The molecule has 0 N–H and O–H groups in total. The number of benzene rings is 1. The summed E-state index contributed by atoms with van der Waals surface area (Å²) < 4.78 is 0. The molecule has 0 radical (unpaired) electrons. The molecule has 0 amide bonds. The Kier molecular flexibility index (Phi) is 4.07. The van der Waals surface area contributed by atoms with Gasteiger partial charge in [0.15, 0.2) is 0 Å². The molecule has 2 rings (SSSR count). The Labute approximate surface area is 114 Å². The van der Waals surface area contributed by atoms with Crippen LogP contribution < -0.4 is 0 Å². The fourth-order valence-corrected chi connectivity index (χ4v) is 1.55. The van der Waals surface area contributed by atoms with Crippen LogP contribution in [0.4, 0.5) is 11.5 Å². The lowest BCUT2D eigenvalue weighted by Gasteiger charge is -2.00. The zero-order valence-corrected chi connectivity index (χ0v) is 10.8. The van der Waals surface area contributed by atoms with Crippen molar-refractivity contribution in [2.24, 2.45) is 10.1 Å². The highest BCUT2D eigenvalue weighted by Crippen LogP contribution is 2.21. The minimum absolute atomic E-state index is 0.151. The number of azide groups is 1. The van der Waals surface area contributed by atoms with Crippen molar-refractivity contribution in [2.75, 3.05) is 0 Å². The number of hydrogen-bond acceptors (Lipinski definition) is 4. The largest absolute Gasteiger partial charge is 0.256 e. The van der Waals surface area contributed by atoms with Gasteiger partial charge >= 0.3 is 0 Å². The summed E-state index contributed by atoms with van der Waals surface area (Å²) in [6.45, 7) is 2.00. The van der Waals surface area contributed by atoms with E-state index in [-0.39, 0.29) is 11.0 Å². The zero-order chi connectivity index (χ0) is 13.7. The molecule has 7 heteroatoms. The predicted molar refractivity (Wildman–Crippen MR) is 74.3 cm³/mol. The summed E-state index contributed by atoms with van der Waals surface area (Å²) in [5, 5.41) is 3.64. The van der Waals surface area contributed by atoms with Gasteiger partial charge in [0.1, 0.15) is 17.3 Å². The summed E-state index contributed by atoms with van der Waals surface area (Å²) >= 11 is 5.93. The Hall–Kier alpha value is -2.43. The average molecular weight is 273 g/mol. The van der Waals surface area contributed by atoms with Crippen molar-refractivity contribution in [3.05, 3.63) is 57.3 Å². The molecule has 0 atom stereocenters. The molecule has 0 saturated heterocycles. The van der Waals surface area contributed by atoms with Crippen LogP contribution in [0.15, 0.2) is 40.7 Å². The minimum Gasteiger partial charge on any atom is -0.256 e. The fraction of sp³-hybridized carbons (Fsp3) is 0.0833. The SMILES string of the molecule is Cc1ccc(/N=C/c2c(Cl)ncnc2N=[N+]=[N-])cc1. The Bertz CT molecular complexity index is 658. The normalized spacial score (nSPS) is 10.4. The molecule has 2 aromatic rings. The van der Waals surface area contributed by atoms with E-state index in [0.29, 0.717) is 5.56 Å². The predicted octanol–water partition coefficient (Wildman–Crippen LogP) is 4.13. The maximum Gasteiger partial charge on any atom is 0.141 e. The van der Waals surface area contributed by atoms with E-state index in [4.69, 9.17) is 17.1 Å². The third-order valence-electron chi connectivity index (χ3n) is 2.33. The van der Waals surface area contributed by atoms with Gasteiger partial charge in [-0.2, -0.15) is 0 Å². The van der Waals surface area contributed by atoms with Crippen LogP contribution in [0.5, 0.6) is 0 Å². The van der Waals surface area contributed by atoms with E-state index in [9.17, 15) is 0 Å². The Balaban J connectivity index is 2.37. The topological polar surface area (TPSA) is 86.9 Å². The summed E-state index contributed by atoms with van der Waals surface area (Å²) in [7, 11) is 0. The first kappa shape index (κ1) is 13.0. The number of aromatic nitrogens is 2. The molecule has 0 fully saturated rings. The molecule has 19 heavy (non-hydrogen) atoms. The van der Waals surface area contributed by atoms with Crippen molar-refractivity contribution in [3.63, 3.8) is 0 Å². The van der Waals surface area contributed by atoms with Gasteiger partial charge in [0.25, 0.3) is 0 Å². The van der Waals surface area contributed by atoms with E-state index in [1.54, 1.807) is 0 Å². The van der Waals surface area contributed by atoms with E-state index >= 15 is 0 Å². The van der Waals surface area contributed by atoms with Crippen molar-refractivity contribution in [1.29, 1.82) is 0 Å². The van der Waals surface area contributed by atoms with Crippen LogP contribution in [0, 0.1) is 6.92 Å². The molecular weight excluding hydrogens is 264 g/mol. The van der Waals surface area contributed by atoms with Gasteiger partial charge in [-0.1, -0.05) is 29.3 Å². The second-order valence-electron chi connectivity index (χ2n) is 3.68. The highest BCUT2D eigenvalue weighted by atomic mass is 35.5. The van der Waals surface area contributed by atoms with Crippen LogP contribution in [-0.2, 0) is 0 Å². The number of rotatable bonds is 3. The third kappa shape index (κ3) is 3.28. The first-order valence-electron chi connectivity index (χ1n) is 5.37. The van der Waals surface area contributed by atoms with Crippen LogP contribution in [-0.4, -0.2) is 16.2 Å². The van der Waals surface area contributed by atoms with Crippen LogP contribution in [0.2, 0.25) is 5.15 Å². The maximum atomic E-state index is 8.46. The van der Waals surface area contributed by atoms with E-state index in [1.165, 1.54) is 12.5 Å². The van der Waals surface area contributed by atoms with E-state index < -0.39 is 0 Å². The number of aliphatic imine (C=N–C) groups is 1. The number of hydrogen-bond donors (Lipinski definition) is 0. The quantitative estimate of drug-likeness (QED) is 0.276. The molecule has 0 bridgehead atoms. The Morgan fingerprint density at radius 2 is 2.00 bits per heavy atom. The zero-order valence-electron chi connectivity index (χ0n) is 10.0. The van der Waals surface area contributed by atoms with Gasteiger partial charge in [-0.25, -0.2) is 9.97 Å². The molecular formula is C12H9ClN6. The molecule has 6 nitrogen and oxygen atoms in total. The molecule has 0 spiro atoms. The van der Waals surface area contributed by atoms with Crippen molar-refractivity contribution in [1.82, 2.24) is 9.97 Å². The molecule has 1 aromatic carbocycles. The van der Waals surface area contributed by atoms with Gasteiger partial charge in [0, 0.05) is 11.1 Å². The standard InChI is InChI=1S/C12H9ClN6/c1-8-2-4-9(5-3-8)15-6-10-11(13)16-7-17-12(10)18-19-14/h2-7H,1H3/b15-6+. The lowest BCUT2D eigenvalue weighted by Crippen LogP contribution is -1.90. The third-order valence-corrected chi connectivity index (χ3v) is 2.63. The van der Waals surface area contributed by atoms with Gasteiger partial charge < -0.3 is 0 Å². The molecule has 0 unspecified atom stereocenters. The number of nitrogens with zero attached hydrogens (tertiary/aromatic N) is 6. The second-order valence-corrected chi connectivity index (χ2v) is 4.04. The van der Waals surface area contributed by atoms with Crippen LogP contribution in [0.3, 0.4) is 0 Å². The fourth-order valence-electron chi connectivity index (χ4n) is 1.37. The van der Waals surface area contributed by atoms with Gasteiger partial charge in [-0.3, -0.25) is 4.99 Å². The highest BCUT2D eigenvalue weighted by molar-refractivity contribution is 6.32. The monoisotopic (exact) mass is 272 g/mol. The Morgan fingerprint density at radius 1 is 1.26 bits per heavy atom. The van der Waals surface area contributed by atoms with E-state index in [0.717, 1.165) is 11.3 Å². The lowest BCUT2D eigenvalue weighted by molar-refractivity contribution is 1.14. The van der Waals surface area contributed by atoms with Crippen molar-refractivity contribution in [3.8, 4) is 0 Å². The van der Waals surface area contributed by atoms with Crippen molar-refractivity contribution >= 4 is 29.3 Å². The van der Waals surface area contributed by atoms with Crippen LogP contribution in [0.1, 0.15) is 11.1 Å². The summed E-state index contributed by atoms with van der Waals surface area (Å²) in [6.07, 6.45) is 2.71. The smallest absolute Gasteiger partial charge is 0.141 e. The molecule has 0 aliphatic carbocycles. The average Bonchev–Trinajstić information content (AvgIpc) is 2.40. The lowest BCUT2D eigenvalue weighted by atomic mass is 10.2. The molecule has 1 aromatic heterocycles.